The van der Waals surface area contributed by atoms with Crippen molar-refractivity contribution < 1.29 is 5.11 Å². The standard InChI is InChI=1S/C21H22ClN5O/c1-3-7-16(23)18-19(24-2)21(25-14-10-11-17(28)15(22)12-14)27-20(26-18)13-8-5-4-6-9-13/h4-6,8-12,23-24,28H,3,7H2,1-2H3,(H,25,26,27). The Kier molecular flexibility index (Phi) is 6.11. The Labute approximate surface area is 169 Å². The van der Waals surface area contributed by atoms with Crippen LogP contribution in [0.5, 0.6) is 5.75 Å². The van der Waals surface area contributed by atoms with E-state index in [2.05, 4.69) is 20.6 Å². The molecule has 0 radical (unpaired) electrons. The lowest BCUT2D eigenvalue weighted by molar-refractivity contribution is 0.475. The van der Waals surface area contributed by atoms with Gasteiger partial charge in [-0.1, -0.05) is 55.3 Å². The monoisotopic (exact) mass is 395 g/mol. The molecule has 0 fully saturated rings. The summed E-state index contributed by atoms with van der Waals surface area (Å²) in [5.41, 5.74) is 3.18. The molecular weight excluding hydrogens is 374 g/mol. The van der Waals surface area contributed by atoms with E-state index in [0.29, 0.717) is 40.8 Å². The molecule has 0 spiro atoms. The van der Waals surface area contributed by atoms with Crippen LogP contribution >= 0.6 is 11.6 Å². The number of benzene rings is 2. The normalized spacial score (nSPS) is 10.5. The van der Waals surface area contributed by atoms with Crippen molar-refractivity contribution in [2.45, 2.75) is 19.8 Å². The van der Waals surface area contributed by atoms with Crippen LogP contribution < -0.4 is 10.6 Å². The highest BCUT2D eigenvalue weighted by atomic mass is 35.5. The number of hydrogen-bond donors (Lipinski definition) is 4. The largest absolute Gasteiger partial charge is 0.506 e. The SMILES string of the molecule is CCCC(=N)c1nc(-c2ccccc2)nc(Nc2ccc(O)c(Cl)c2)c1NC. The van der Waals surface area contributed by atoms with E-state index in [-0.39, 0.29) is 10.8 Å². The van der Waals surface area contributed by atoms with Crippen molar-refractivity contribution in [3.05, 3.63) is 59.2 Å². The number of aromatic hydroxyl groups is 1. The smallest absolute Gasteiger partial charge is 0.162 e. The van der Waals surface area contributed by atoms with Gasteiger partial charge in [-0.15, -0.1) is 0 Å². The van der Waals surface area contributed by atoms with Crippen LogP contribution in [0, 0.1) is 5.41 Å². The lowest BCUT2D eigenvalue weighted by Gasteiger charge is -2.17. The van der Waals surface area contributed by atoms with E-state index in [1.54, 1.807) is 19.2 Å². The summed E-state index contributed by atoms with van der Waals surface area (Å²) in [5, 5.41) is 24.7. The number of rotatable bonds is 7. The summed E-state index contributed by atoms with van der Waals surface area (Å²) in [6.45, 7) is 2.03. The Morgan fingerprint density at radius 2 is 1.89 bits per heavy atom. The first-order valence-electron chi connectivity index (χ1n) is 9.02. The minimum Gasteiger partial charge on any atom is -0.506 e. The molecule has 0 saturated carbocycles. The van der Waals surface area contributed by atoms with Gasteiger partial charge >= 0.3 is 0 Å². The third-order valence-electron chi connectivity index (χ3n) is 4.19. The van der Waals surface area contributed by atoms with Crippen LogP contribution in [-0.2, 0) is 0 Å². The number of aromatic nitrogens is 2. The lowest BCUT2D eigenvalue weighted by atomic mass is 10.1. The molecule has 0 bridgehead atoms. The van der Waals surface area contributed by atoms with Crippen molar-refractivity contribution in [3.63, 3.8) is 0 Å². The van der Waals surface area contributed by atoms with Gasteiger partial charge in [-0.2, -0.15) is 0 Å². The first kappa shape index (κ1) is 19.6. The zero-order valence-electron chi connectivity index (χ0n) is 15.8. The number of anilines is 3. The number of nitrogens with zero attached hydrogens (tertiary/aromatic N) is 2. The van der Waals surface area contributed by atoms with Crippen LogP contribution in [0.2, 0.25) is 5.02 Å². The summed E-state index contributed by atoms with van der Waals surface area (Å²) in [6, 6.07) is 14.5. The molecule has 6 nitrogen and oxygen atoms in total. The van der Waals surface area contributed by atoms with Crippen molar-refractivity contribution in [1.29, 1.82) is 5.41 Å². The Bertz CT molecular complexity index is 992. The van der Waals surface area contributed by atoms with Gasteiger partial charge < -0.3 is 21.1 Å². The van der Waals surface area contributed by atoms with Crippen molar-refractivity contribution in [3.8, 4) is 17.1 Å². The fraction of sp³-hybridized carbons (Fsp3) is 0.190. The molecule has 4 N–H and O–H groups in total. The maximum atomic E-state index is 9.65. The van der Waals surface area contributed by atoms with Gasteiger partial charge in [0.05, 0.1) is 10.7 Å². The number of hydrogen-bond acceptors (Lipinski definition) is 6. The second-order valence-corrected chi connectivity index (χ2v) is 6.66. The molecule has 3 aromatic rings. The van der Waals surface area contributed by atoms with Crippen LogP contribution in [0.15, 0.2) is 48.5 Å². The van der Waals surface area contributed by atoms with E-state index in [1.807, 2.05) is 37.3 Å². The summed E-state index contributed by atoms with van der Waals surface area (Å²) in [7, 11) is 1.78. The zero-order chi connectivity index (χ0) is 20.1. The molecule has 3 rings (SSSR count). The van der Waals surface area contributed by atoms with Crippen molar-refractivity contribution in [1.82, 2.24) is 9.97 Å². The first-order chi connectivity index (χ1) is 13.5. The fourth-order valence-corrected chi connectivity index (χ4v) is 2.99. The van der Waals surface area contributed by atoms with Gasteiger partial charge in [-0.25, -0.2) is 9.97 Å². The Morgan fingerprint density at radius 3 is 2.54 bits per heavy atom. The van der Waals surface area contributed by atoms with Crippen LogP contribution in [0.4, 0.5) is 17.2 Å². The minimum atomic E-state index is 0.0131. The lowest BCUT2D eigenvalue weighted by Crippen LogP contribution is -2.12. The molecular formula is C21H22ClN5O. The van der Waals surface area contributed by atoms with Crippen LogP contribution in [0.1, 0.15) is 25.5 Å². The molecule has 0 aliphatic rings. The average molecular weight is 396 g/mol. The molecule has 1 aromatic heterocycles. The molecule has 0 saturated heterocycles. The van der Waals surface area contributed by atoms with Crippen LogP contribution in [0.3, 0.4) is 0 Å². The summed E-state index contributed by atoms with van der Waals surface area (Å²) < 4.78 is 0. The molecule has 1 heterocycles. The highest BCUT2D eigenvalue weighted by Crippen LogP contribution is 2.32. The molecule has 0 amide bonds. The second-order valence-electron chi connectivity index (χ2n) is 6.26. The molecule has 0 aliphatic carbocycles. The number of halogens is 1. The van der Waals surface area contributed by atoms with E-state index in [1.165, 1.54) is 6.07 Å². The van der Waals surface area contributed by atoms with Crippen molar-refractivity contribution >= 4 is 34.5 Å². The van der Waals surface area contributed by atoms with Crippen LogP contribution in [-0.4, -0.2) is 27.8 Å². The molecule has 0 unspecified atom stereocenters. The van der Waals surface area contributed by atoms with E-state index in [9.17, 15) is 5.11 Å². The molecule has 28 heavy (non-hydrogen) atoms. The van der Waals surface area contributed by atoms with Gasteiger partial charge in [0.15, 0.2) is 11.6 Å². The predicted molar refractivity (Wildman–Crippen MR) is 115 cm³/mol. The highest BCUT2D eigenvalue weighted by molar-refractivity contribution is 6.32. The Morgan fingerprint density at radius 1 is 1.14 bits per heavy atom. The van der Waals surface area contributed by atoms with E-state index >= 15 is 0 Å². The predicted octanol–water partition coefficient (Wildman–Crippen LogP) is 5.46. The fourth-order valence-electron chi connectivity index (χ4n) is 2.81. The van der Waals surface area contributed by atoms with Gasteiger partial charge in [-0.05, 0) is 24.6 Å². The first-order valence-corrected chi connectivity index (χ1v) is 9.39. The van der Waals surface area contributed by atoms with Crippen molar-refractivity contribution in [2.24, 2.45) is 0 Å². The molecule has 0 aliphatic heterocycles. The molecule has 2 aromatic carbocycles. The summed E-state index contributed by atoms with van der Waals surface area (Å²) >= 11 is 6.03. The zero-order valence-corrected chi connectivity index (χ0v) is 16.5. The third kappa shape index (κ3) is 4.23. The van der Waals surface area contributed by atoms with E-state index in [0.717, 1.165) is 12.0 Å². The molecule has 0 atom stereocenters. The van der Waals surface area contributed by atoms with Gasteiger partial charge in [0, 0.05) is 18.3 Å². The maximum absolute atomic E-state index is 9.65. The Hall–Kier alpha value is -3.12. The number of nitrogens with one attached hydrogen (secondary N) is 3. The van der Waals surface area contributed by atoms with Crippen molar-refractivity contribution in [2.75, 3.05) is 17.7 Å². The third-order valence-corrected chi connectivity index (χ3v) is 4.49. The highest BCUT2D eigenvalue weighted by Gasteiger charge is 2.18. The quantitative estimate of drug-likeness (QED) is 0.315. The molecule has 7 heteroatoms. The molecule has 144 valence electrons. The Balaban J connectivity index is 2.13. The minimum absolute atomic E-state index is 0.0131. The van der Waals surface area contributed by atoms with E-state index in [4.69, 9.17) is 17.0 Å². The van der Waals surface area contributed by atoms with Gasteiger partial charge in [0.1, 0.15) is 17.1 Å². The summed E-state index contributed by atoms with van der Waals surface area (Å²) in [4.78, 5) is 9.34. The van der Waals surface area contributed by atoms with Gasteiger partial charge in [0.25, 0.3) is 0 Å². The summed E-state index contributed by atoms with van der Waals surface area (Å²) in [5.74, 6) is 1.08. The average Bonchev–Trinajstić information content (AvgIpc) is 2.71. The van der Waals surface area contributed by atoms with Gasteiger partial charge in [0.2, 0.25) is 0 Å². The van der Waals surface area contributed by atoms with Gasteiger partial charge in [-0.3, -0.25) is 0 Å². The topological polar surface area (TPSA) is 93.9 Å². The van der Waals surface area contributed by atoms with Crippen LogP contribution in [0.25, 0.3) is 11.4 Å². The maximum Gasteiger partial charge on any atom is 0.162 e. The van der Waals surface area contributed by atoms with E-state index < -0.39 is 0 Å². The summed E-state index contributed by atoms with van der Waals surface area (Å²) in [6.07, 6.45) is 1.47. The number of phenols is 1. The number of phenolic OH excluding ortho intramolecular Hbond substituents is 1. The second kappa shape index (κ2) is 8.71.